The minimum Gasteiger partial charge on any atom is -0.355 e. The van der Waals surface area contributed by atoms with Crippen molar-refractivity contribution in [2.75, 3.05) is 56.0 Å². The van der Waals surface area contributed by atoms with Gasteiger partial charge in [-0.15, -0.1) is 0 Å². The van der Waals surface area contributed by atoms with Gasteiger partial charge in [-0.2, -0.15) is 0 Å². The molecule has 3 rings (SSSR count). The topological polar surface area (TPSA) is 93.8 Å². The summed E-state index contributed by atoms with van der Waals surface area (Å²) >= 11 is 0. The number of fused-ring (bicyclic) bond motifs is 1. The predicted molar refractivity (Wildman–Crippen MR) is 99.0 cm³/mol. The van der Waals surface area contributed by atoms with Crippen molar-refractivity contribution in [3.8, 4) is 0 Å². The summed E-state index contributed by atoms with van der Waals surface area (Å²) in [7, 11) is 0. The van der Waals surface area contributed by atoms with Gasteiger partial charge in [0.1, 0.15) is 6.54 Å². The monoisotopic (exact) mass is 359 g/mol. The van der Waals surface area contributed by atoms with Crippen LogP contribution in [-0.2, 0) is 14.4 Å². The van der Waals surface area contributed by atoms with E-state index < -0.39 is 0 Å². The number of para-hydroxylation sites is 2. The molecule has 1 fully saturated rings. The Kier molecular flexibility index (Phi) is 6.19. The van der Waals surface area contributed by atoms with Crippen LogP contribution < -0.4 is 20.9 Å². The van der Waals surface area contributed by atoms with Crippen LogP contribution in [0.15, 0.2) is 24.3 Å². The first-order valence-corrected chi connectivity index (χ1v) is 9.02. The third-order valence-corrected chi connectivity index (χ3v) is 4.60. The van der Waals surface area contributed by atoms with E-state index >= 15 is 0 Å². The molecule has 8 heteroatoms. The van der Waals surface area contributed by atoms with Gasteiger partial charge in [0.05, 0.1) is 11.4 Å². The summed E-state index contributed by atoms with van der Waals surface area (Å²) in [4.78, 5) is 40.0. The summed E-state index contributed by atoms with van der Waals surface area (Å²) in [5, 5.41) is 8.90. The Morgan fingerprint density at radius 3 is 2.69 bits per heavy atom. The predicted octanol–water partition coefficient (Wildman–Crippen LogP) is -0.227. The number of hydrogen-bond donors (Lipinski definition) is 3. The first-order valence-electron chi connectivity index (χ1n) is 9.02. The highest BCUT2D eigenvalue weighted by atomic mass is 16.2. The van der Waals surface area contributed by atoms with E-state index in [0.29, 0.717) is 17.9 Å². The first kappa shape index (κ1) is 18.3. The fourth-order valence-electron chi connectivity index (χ4n) is 3.19. The summed E-state index contributed by atoms with van der Waals surface area (Å²) in [5.41, 5.74) is 1.30. The van der Waals surface area contributed by atoms with Crippen LogP contribution in [0.1, 0.15) is 12.8 Å². The number of amides is 3. The molecular weight excluding hydrogens is 334 g/mol. The Labute approximate surface area is 152 Å². The summed E-state index contributed by atoms with van der Waals surface area (Å²) in [6.07, 6.45) is 0.210. The summed E-state index contributed by atoms with van der Waals surface area (Å²) in [6, 6.07) is 7.17. The standard InChI is InChI=1S/C18H25N5O3/c24-16(20-9-12-22-10-7-19-8-11-22)5-6-18(26)23-13-17(25)21-14-3-1-2-4-15(14)23/h1-4,19H,5-13H2,(H,20,24)(H,21,25). The van der Waals surface area contributed by atoms with E-state index in [2.05, 4.69) is 20.9 Å². The molecule has 2 aliphatic rings. The highest BCUT2D eigenvalue weighted by Gasteiger charge is 2.26. The molecule has 3 amide bonds. The van der Waals surface area contributed by atoms with Crippen molar-refractivity contribution in [3.05, 3.63) is 24.3 Å². The molecule has 26 heavy (non-hydrogen) atoms. The molecule has 0 spiro atoms. The van der Waals surface area contributed by atoms with Gasteiger partial charge in [0.2, 0.25) is 17.7 Å². The zero-order valence-corrected chi connectivity index (χ0v) is 14.8. The van der Waals surface area contributed by atoms with Crippen LogP contribution in [0.3, 0.4) is 0 Å². The van der Waals surface area contributed by atoms with Crippen LogP contribution in [0, 0.1) is 0 Å². The fraction of sp³-hybridized carbons (Fsp3) is 0.500. The Hall–Kier alpha value is -2.45. The SMILES string of the molecule is O=C(CCC(=O)N1CC(=O)Nc2ccccc21)NCCN1CCNCC1. The summed E-state index contributed by atoms with van der Waals surface area (Å²) < 4.78 is 0. The van der Waals surface area contributed by atoms with E-state index in [4.69, 9.17) is 0 Å². The zero-order chi connectivity index (χ0) is 18.4. The van der Waals surface area contributed by atoms with Gasteiger partial charge in [-0.3, -0.25) is 19.3 Å². The summed E-state index contributed by atoms with van der Waals surface area (Å²) in [6.45, 7) is 5.33. The van der Waals surface area contributed by atoms with Crippen LogP contribution in [0.2, 0.25) is 0 Å². The number of nitrogens with zero attached hydrogens (tertiary/aromatic N) is 2. The van der Waals surface area contributed by atoms with Gasteiger partial charge in [0, 0.05) is 52.1 Å². The third kappa shape index (κ3) is 4.80. The maximum absolute atomic E-state index is 12.5. The molecule has 0 radical (unpaired) electrons. The lowest BCUT2D eigenvalue weighted by Crippen LogP contribution is -2.46. The molecule has 140 valence electrons. The number of benzene rings is 1. The van der Waals surface area contributed by atoms with Gasteiger partial charge in [0.15, 0.2) is 0 Å². The Balaban J connectivity index is 1.43. The quantitative estimate of drug-likeness (QED) is 0.653. The lowest BCUT2D eigenvalue weighted by atomic mass is 10.1. The molecule has 1 aromatic rings. The highest BCUT2D eigenvalue weighted by molar-refractivity contribution is 6.10. The molecule has 0 atom stereocenters. The second-order valence-corrected chi connectivity index (χ2v) is 6.49. The van der Waals surface area contributed by atoms with E-state index in [1.165, 1.54) is 4.90 Å². The number of piperazine rings is 1. The molecule has 0 unspecified atom stereocenters. The van der Waals surface area contributed by atoms with Crippen molar-refractivity contribution in [2.24, 2.45) is 0 Å². The maximum atomic E-state index is 12.5. The van der Waals surface area contributed by atoms with Gasteiger partial charge >= 0.3 is 0 Å². The molecule has 0 aromatic heterocycles. The Morgan fingerprint density at radius 2 is 1.88 bits per heavy atom. The fourth-order valence-corrected chi connectivity index (χ4v) is 3.19. The van der Waals surface area contributed by atoms with Crippen molar-refractivity contribution < 1.29 is 14.4 Å². The number of anilines is 2. The molecule has 2 aliphatic heterocycles. The Morgan fingerprint density at radius 1 is 1.12 bits per heavy atom. The van der Waals surface area contributed by atoms with E-state index in [1.807, 2.05) is 6.07 Å². The lowest BCUT2D eigenvalue weighted by molar-refractivity contribution is -0.125. The van der Waals surface area contributed by atoms with E-state index in [1.54, 1.807) is 18.2 Å². The van der Waals surface area contributed by atoms with E-state index in [9.17, 15) is 14.4 Å². The van der Waals surface area contributed by atoms with Crippen molar-refractivity contribution in [2.45, 2.75) is 12.8 Å². The Bertz CT molecular complexity index is 673. The van der Waals surface area contributed by atoms with Crippen molar-refractivity contribution >= 4 is 29.1 Å². The average molecular weight is 359 g/mol. The molecular formula is C18H25N5O3. The van der Waals surface area contributed by atoms with Gasteiger partial charge in [-0.25, -0.2) is 0 Å². The summed E-state index contributed by atoms with van der Waals surface area (Å²) in [5.74, 6) is -0.578. The van der Waals surface area contributed by atoms with Gasteiger partial charge in [0.25, 0.3) is 0 Å². The molecule has 1 saturated heterocycles. The average Bonchev–Trinajstić information content (AvgIpc) is 2.66. The van der Waals surface area contributed by atoms with Crippen molar-refractivity contribution in [1.29, 1.82) is 0 Å². The van der Waals surface area contributed by atoms with E-state index in [-0.39, 0.29) is 37.1 Å². The largest absolute Gasteiger partial charge is 0.355 e. The zero-order valence-electron chi connectivity index (χ0n) is 14.8. The lowest BCUT2D eigenvalue weighted by Gasteiger charge is -2.29. The first-order chi connectivity index (χ1) is 12.6. The molecule has 0 bridgehead atoms. The minimum atomic E-state index is -0.225. The molecule has 0 saturated carbocycles. The number of rotatable bonds is 6. The van der Waals surface area contributed by atoms with Crippen LogP contribution in [-0.4, -0.2) is 68.4 Å². The maximum Gasteiger partial charge on any atom is 0.244 e. The molecule has 8 nitrogen and oxygen atoms in total. The van der Waals surface area contributed by atoms with Crippen LogP contribution in [0.25, 0.3) is 0 Å². The van der Waals surface area contributed by atoms with Gasteiger partial charge in [-0.1, -0.05) is 12.1 Å². The molecule has 1 aromatic carbocycles. The molecule has 0 aliphatic carbocycles. The minimum absolute atomic E-state index is 0.0134. The second kappa shape index (κ2) is 8.77. The van der Waals surface area contributed by atoms with Gasteiger partial charge in [-0.05, 0) is 12.1 Å². The van der Waals surface area contributed by atoms with Crippen LogP contribution >= 0.6 is 0 Å². The number of carbonyl (C=O) groups is 3. The van der Waals surface area contributed by atoms with E-state index in [0.717, 1.165) is 32.7 Å². The van der Waals surface area contributed by atoms with Crippen LogP contribution in [0.5, 0.6) is 0 Å². The normalized spacial score (nSPS) is 17.4. The smallest absolute Gasteiger partial charge is 0.244 e. The van der Waals surface area contributed by atoms with Crippen molar-refractivity contribution in [1.82, 2.24) is 15.5 Å². The van der Waals surface area contributed by atoms with Gasteiger partial charge < -0.3 is 20.9 Å². The molecule has 2 heterocycles. The third-order valence-electron chi connectivity index (χ3n) is 4.60. The highest BCUT2D eigenvalue weighted by Crippen LogP contribution is 2.29. The second-order valence-electron chi connectivity index (χ2n) is 6.49. The number of hydrogen-bond acceptors (Lipinski definition) is 5. The molecule has 3 N–H and O–H groups in total. The number of nitrogens with one attached hydrogen (secondary N) is 3. The van der Waals surface area contributed by atoms with Crippen molar-refractivity contribution in [3.63, 3.8) is 0 Å². The van der Waals surface area contributed by atoms with Crippen LogP contribution in [0.4, 0.5) is 11.4 Å². The number of carbonyl (C=O) groups excluding carboxylic acids is 3.